The first-order valence-electron chi connectivity index (χ1n) is 9.33. The zero-order valence-corrected chi connectivity index (χ0v) is 17.2. The maximum Gasteiger partial charge on any atom is 0.416 e. The van der Waals surface area contributed by atoms with Crippen LogP contribution in [0.5, 0.6) is 0 Å². The Morgan fingerprint density at radius 3 is 2.24 bits per heavy atom. The fourth-order valence-electron chi connectivity index (χ4n) is 3.19. The third-order valence-electron chi connectivity index (χ3n) is 4.63. The molecule has 2 aromatic carbocycles. The van der Waals surface area contributed by atoms with Crippen LogP contribution in [0.4, 0.5) is 13.2 Å². The van der Waals surface area contributed by atoms with Crippen molar-refractivity contribution in [1.82, 2.24) is 19.2 Å². The van der Waals surface area contributed by atoms with Crippen LogP contribution in [0, 0.1) is 4.77 Å². The van der Waals surface area contributed by atoms with E-state index in [0.29, 0.717) is 24.4 Å². The molecule has 0 amide bonds. The second-order valence-corrected chi connectivity index (χ2v) is 7.32. The van der Waals surface area contributed by atoms with Crippen molar-refractivity contribution < 1.29 is 13.2 Å². The highest BCUT2D eigenvalue weighted by molar-refractivity contribution is 7.71. The summed E-state index contributed by atoms with van der Waals surface area (Å²) in [5, 5.41) is 4.69. The molecule has 0 aliphatic rings. The molecule has 1 heterocycles. The van der Waals surface area contributed by atoms with Crippen LogP contribution in [-0.4, -0.2) is 26.3 Å². The molecule has 0 aliphatic carbocycles. The first-order chi connectivity index (χ1) is 13.8. The van der Waals surface area contributed by atoms with Gasteiger partial charge in [0.05, 0.1) is 12.2 Å². The van der Waals surface area contributed by atoms with Crippen molar-refractivity contribution in [2.24, 2.45) is 0 Å². The molecule has 0 aliphatic heterocycles. The molecule has 3 rings (SSSR count). The number of hydrogen-bond acceptors (Lipinski definition) is 3. The molecule has 0 atom stereocenters. The van der Waals surface area contributed by atoms with Gasteiger partial charge in [-0.05, 0) is 49.4 Å². The van der Waals surface area contributed by atoms with E-state index in [0.717, 1.165) is 35.6 Å². The van der Waals surface area contributed by atoms with E-state index in [1.165, 1.54) is 12.1 Å². The Balaban J connectivity index is 1.71. The van der Waals surface area contributed by atoms with Gasteiger partial charge in [0, 0.05) is 19.5 Å². The van der Waals surface area contributed by atoms with Gasteiger partial charge in [0.25, 0.3) is 0 Å². The first-order valence-corrected chi connectivity index (χ1v) is 9.74. The highest BCUT2D eigenvalue weighted by Crippen LogP contribution is 2.29. The highest BCUT2D eigenvalue weighted by Gasteiger charge is 2.29. The molecule has 154 valence electrons. The minimum atomic E-state index is -4.32. The summed E-state index contributed by atoms with van der Waals surface area (Å²) < 4.78 is 42.5. The molecule has 0 radical (unpaired) electrons. The van der Waals surface area contributed by atoms with Crippen LogP contribution in [0.1, 0.15) is 29.4 Å². The van der Waals surface area contributed by atoms with Crippen LogP contribution < -0.4 is 0 Å². The van der Waals surface area contributed by atoms with E-state index in [4.69, 9.17) is 12.2 Å². The average Bonchev–Trinajstić information content (AvgIpc) is 2.96. The Kier molecular flexibility index (Phi) is 6.54. The fourth-order valence-corrected chi connectivity index (χ4v) is 3.53. The van der Waals surface area contributed by atoms with Crippen molar-refractivity contribution in [1.29, 1.82) is 0 Å². The molecular weight excluding hydrogens is 397 g/mol. The Morgan fingerprint density at radius 1 is 1.00 bits per heavy atom. The second-order valence-electron chi connectivity index (χ2n) is 6.96. The number of rotatable bonds is 7. The van der Waals surface area contributed by atoms with Crippen LogP contribution in [0.3, 0.4) is 0 Å². The normalized spacial score (nSPS) is 11.9. The molecule has 8 heteroatoms. The summed E-state index contributed by atoms with van der Waals surface area (Å²) in [6.07, 6.45) is -3.63. The van der Waals surface area contributed by atoms with E-state index in [-0.39, 0.29) is 0 Å². The van der Waals surface area contributed by atoms with E-state index in [1.807, 2.05) is 41.6 Å². The molecule has 0 saturated carbocycles. The lowest BCUT2D eigenvalue weighted by atomic mass is 10.1. The molecule has 0 fully saturated rings. The second kappa shape index (κ2) is 8.92. The van der Waals surface area contributed by atoms with Gasteiger partial charge in [-0.25, -0.2) is 4.68 Å². The predicted octanol–water partition coefficient (Wildman–Crippen LogP) is 5.13. The van der Waals surface area contributed by atoms with Crippen LogP contribution >= 0.6 is 12.2 Å². The summed E-state index contributed by atoms with van der Waals surface area (Å²) in [7, 11) is 1.89. The van der Waals surface area contributed by atoms with Crippen molar-refractivity contribution in [3.63, 3.8) is 0 Å². The fraction of sp³-hybridized carbons (Fsp3) is 0.333. The zero-order valence-electron chi connectivity index (χ0n) is 16.4. The smallest absolute Gasteiger partial charge is 0.304 e. The van der Waals surface area contributed by atoms with Gasteiger partial charge in [0.15, 0.2) is 4.77 Å². The van der Waals surface area contributed by atoms with E-state index in [9.17, 15) is 13.2 Å². The lowest BCUT2D eigenvalue weighted by Crippen LogP contribution is -2.22. The van der Waals surface area contributed by atoms with Crippen LogP contribution in [0.2, 0.25) is 0 Å². The Morgan fingerprint density at radius 2 is 1.66 bits per heavy atom. The summed E-state index contributed by atoms with van der Waals surface area (Å²) >= 11 is 5.58. The third-order valence-corrected chi connectivity index (χ3v) is 5.06. The number of hydrogen-bond donors (Lipinski definition) is 0. The molecule has 1 aromatic heterocycles. The lowest BCUT2D eigenvalue weighted by Gasteiger charge is -2.17. The van der Waals surface area contributed by atoms with Gasteiger partial charge in [-0.15, -0.1) is 0 Å². The van der Waals surface area contributed by atoms with Gasteiger partial charge >= 0.3 is 6.18 Å². The van der Waals surface area contributed by atoms with E-state index in [2.05, 4.69) is 17.2 Å². The minimum Gasteiger partial charge on any atom is -0.304 e. The molecule has 0 unspecified atom stereocenters. The molecule has 4 nitrogen and oxygen atoms in total. The summed E-state index contributed by atoms with van der Waals surface area (Å²) in [4.78, 5) is 1.97. The molecule has 0 saturated heterocycles. The molecule has 3 aromatic rings. The average molecular weight is 421 g/mol. The van der Waals surface area contributed by atoms with Gasteiger partial charge in [-0.3, -0.25) is 4.90 Å². The molecule has 0 spiro atoms. The maximum absolute atomic E-state index is 12.7. The number of halogens is 3. The number of alkyl halides is 3. The van der Waals surface area contributed by atoms with Crippen molar-refractivity contribution >= 4 is 12.2 Å². The lowest BCUT2D eigenvalue weighted by molar-refractivity contribution is -0.137. The van der Waals surface area contributed by atoms with Crippen LogP contribution in [-0.2, 0) is 32.4 Å². The Hall–Kier alpha value is -2.45. The van der Waals surface area contributed by atoms with Gasteiger partial charge in [0.2, 0.25) is 0 Å². The van der Waals surface area contributed by atoms with Crippen LogP contribution in [0.25, 0.3) is 0 Å². The van der Waals surface area contributed by atoms with Gasteiger partial charge < -0.3 is 4.57 Å². The topological polar surface area (TPSA) is 26.0 Å². The molecular formula is C21H23F3N4S. The van der Waals surface area contributed by atoms with E-state index in [1.54, 1.807) is 4.68 Å². The summed E-state index contributed by atoms with van der Waals surface area (Å²) in [5.74, 6) is 0.895. The SMILES string of the molecule is CCn1c(Cc2ccccc2)nn(CN(C)Cc2ccc(C(F)(F)F)cc2)c1=S. The number of nitrogens with zero attached hydrogens (tertiary/aromatic N) is 4. The number of aromatic nitrogens is 3. The molecule has 0 N–H and O–H groups in total. The third kappa shape index (κ3) is 5.33. The van der Waals surface area contributed by atoms with Crippen molar-refractivity contribution in [2.75, 3.05) is 7.05 Å². The standard InChI is InChI=1S/C21H23F3N4S/c1-3-27-19(13-16-7-5-4-6-8-16)25-28(20(27)29)15-26(2)14-17-9-11-18(12-10-17)21(22,23)24/h4-12H,3,13-15H2,1-2H3. The van der Waals surface area contributed by atoms with Crippen LogP contribution in [0.15, 0.2) is 54.6 Å². The summed E-state index contributed by atoms with van der Waals surface area (Å²) in [5.41, 5.74) is 1.32. The molecule has 0 bridgehead atoms. The largest absolute Gasteiger partial charge is 0.416 e. The number of benzene rings is 2. The summed E-state index contributed by atoms with van der Waals surface area (Å²) in [6, 6.07) is 15.3. The Labute approximate surface area is 173 Å². The quantitative estimate of drug-likeness (QED) is 0.496. The highest BCUT2D eigenvalue weighted by atomic mass is 32.1. The van der Waals surface area contributed by atoms with E-state index >= 15 is 0 Å². The van der Waals surface area contributed by atoms with Gasteiger partial charge in [-0.2, -0.15) is 18.3 Å². The minimum absolute atomic E-state index is 0.453. The predicted molar refractivity (Wildman–Crippen MR) is 109 cm³/mol. The zero-order chi connectivity index (χ0) is 21.0. The van der Waals surface area contributed by atoms with Gasteiger partial charge in [-0.1, -0.05) is 42.5 Å². The maximum atomic E-state index is 12.7. The summed E-state index contributed by atoms with van der Waals surface area (Å²) in [6.45, 7) is 3.70. The van der Waals surface area contributed by atoms with Crippen molar-refractivity contribution in [2.45, 2.75) is 39.3 Å². The Bertz CT molecular complexity index is 992. The monoisotopic (exact) mass is 420 g/mol. The van der Waals surface area contributed by atoms with Crippen molar-refractivity contribution in [3.8, 4) is 0 Å². The molecule has 29 heavy (non-hydrogen) atoms. The van der Waals surface area contributed by atoms with Gasteiger partial charge in [0.1, 0.15) is 5.82 Å². The van der Waals surface area contributed by atoms with E-state index < -0.39 is 11.7 Å². The first kappa shape index (κ1) is 21.3. The van der Waals surface area contributed by atoms with Crippen molar-refractivity contribution in [3.05, 3.63) is 81.9 Å².